The number of rotatable bonds is 9. The molecular weight excluding hydrogens is 472 g/mol. The number of thioether (sulfide) groups is 1. The van der Waals surface area contributed by atoms with Gasteiger partial charge in [-0.2, -0.15) is 4.31 Å². The van der Waals surface area contributed by atoms with Gasteiger partial charge in [-0.1, -0.05) is 49.3 Å². The summed E-state index contributed by atoms with van der Waals surface area (Å²) in [6.45, 7) is 6.15. The van der Waals surface area contributed by atoms with Gasteiger partial charge >= 0.3 is 0 Å². The Morgan fingerprint density at radius 1 is 1.16 bits per heavy atom. The minimum atomic E-state index is -3.61. The Kier molecular flexibility index (Phi) is 7.94. The Morgan fingerprint density at radius 2 is 1.88 bits per heavy atom. The second kappa shape index (κ2) is 10.5. The van der Waals surface area contributed by atoms with Crippen molar-refractivity contribution in [3.05, 3.63) is 53.1 Å². The van der Waals surface area contributed by atoms with Crippen LogP contribution in [0.1, 0.15) is 19.4 Å². The van der Waals surface area contributed by atoms with Gasteiger partial charge in [-0.25, -0.2) is 8.42 Å². The molecule has 0 fully saturated rings. The molecule has 0 bridgehead atoms. The highest BCUT2D eigenvalue weighted by Crippen LogP contribution is 2.27. The van der Waals surface area contributed by atoms with Crippen LogP contribution in [0.3, 0.4) is 0 Å². The third kappa shape index (κ3) is 5.50. The van der Waals surface area contributed by atoms with Gasteiger partial charge in [0.1, 0.15) is 0 Å². The third-order valence-electron chi connectivity index (χ3n) is 4.70. The first-order valence-corrected chi connectivity index (χ1v) is 12.7. The van der Waals surface area contributed by atoms with Gasteiger partial charge in [-0.15, -0.1) is 10.2 Å². The number of benzene rings is 2. The van der Waals surface area contributed by atoms with Crippen LogP contribution >= 0.6 is 23.4 Å². The number of hydrogen-bond donors (Lipinski definition) is 1. The van der Waals surface area contributed by atoms with E-state index in [1.165, 1.54) is 16.4 Å². The van der Waals surface area contributed by atoms with Gasteiger partial charge < -0.3 is 9.73 Å². The average Bonchev–Trinajstić information content (AvgIpc) is 3.25. The van der Waals surface area contributed by atoms with E-state index in [9.17, 15) is 13.2 Å². The topological polar surface area (TPSA) is 105 Å². The number of nitrogens with one attached hydrogen (secondary N) is 1. The lowest BCUT2D eigenvalue weighted by Crippen LogP contribution is -2.30. The quantitative estimate of drug-likeness (QED) is 0.438. The minimum Gasteiger partial charge on any atom is -0.411 e. The van der Waals surface area contributed by atoms with Crippen molar-refractivity contribution in [3.63, 3.8) is 0 Å². The summed E-state index contributed by atoms with van der Waals surface area (Å²) in [5.74, 6) is -0.00753. The largest absolute Gasteiger partial charge is 0.411 e. The Labute approximate surface area is 196 Å². The Hall–Kier alpha value is -2.40. The zero-order valence-corrected chi connectivity index (χ0v) is 20.2. The molecule has 2 aromatic carbocycles. The summed E-state index contributed by atoms with van der Waals surface area (Å²) in [6.07, 6.45) is 0. The van der Waals surface area contributed by atoms with Gasteiger partial charge in [0.25, 0.3) is 5.22 Å². The summed E-state index contributed by atoms with van der Waals surface area (Å²) < 4.78 is 32.5. The van der Waals surface area contributed by atoms with Crippen molar-refractivity contribution >= 4 is 45.0 Å². The molecule has 11 heteroatoms. The molecule has 1 amide bonds. The summed E-state index contributed by atoms with van der Waals surface area (Å²) >= 11 is 7.16. The smallest absolute Gasteiger partial charge is 0.277 e. The number of halogens is 1. The molecule has 0 saturated heterocycles. The highest BCUT2D eigenvalue weighted by Gasteiger charge is 2.22. The van der Waals surface area contributed by atoms with Gasteiger partial charge in [-0.3, -0.25) is 4.79 Å². The van der Waals surface area contributed by atoms with Crippen LogP contribution in [0, 0.1) is 6.92 Å². The van der Waals surface area contributed by atoms with Crippen LogP contribution in [0.5, 0.6) is 0 Å². The fourth-order valence-corrected chi connectivity index (χ4v) is 5.19. The molecule has 1 heterocycles. The Bertz CT molecular complexity index is 1210. The van der Waals surface area contributed by atoms with Gasteiger partial charge in [0.2, 0.25) is 21.8 Å². The van der Waals surface area contributed by atoms with E-state index in [4.69, 9.17) is 16.0 Å². The fourth-order valence-electron chi connectivity index (χ4n) is 2.94. The van der Waals surface area contributed by atoms with Crippen molar-refractivity contribution in [1.82, 2.24) is 14.5 Å². The predicted octanol–water partition coefficient (Wildman–Crippen LogP) is 4.46. The molecule has 32 heavy (non-hydrogen) atoms. The van der Waals surface area contributed by atoms with E-state index in [0.29, 0.717) is 29.4 Å². The summed E-state index contributed by atoms with van der Waals surface area (Å²) in [7, 11) is -3.61. The second-order valence-corrected chi connectivity index (χ2v) is 10.0. The Balaban J connectivity index is 1.68. The summed E-state index contributed by atoms with van der Waals surface area (Å²) in [5, 5.41) is 11.5. The first-order valence-electron chi connectivity index (χ1n) is 9.88. The van der Waals surface area contributed by atoms with Crippen LogP contribution in [0.4, 0.5) is 5.69 Å². The monoisotopic (exact) mass is 494 g/mol. The molecule has 170 valence electrons. The van der Waals surface area contributed by atoms with Crippen LogP contribution in [-0.2, 0) is 14.8 Å². The molecule has 1 aromatic heterocycles. The van der Waals surface area contributed by atoms with Crippen LogP contribution in [0.25, 0.3) is 11.5 Å². The number of aromatic nitrogens is 2. The maximum Gasteiger partial charge on any atom is 0.277 e. The standard InChI is InChI=1S/C21H23ClN4O4S2/c1-4-26(5-2)32(28,29)16-9-6-8-15(12-16)20-24-25-21(30-20)31-13-19(27)23-18-11-7-10-17(22)14(18)3/h6-12H,4-5,13H2,1-3H3,(H,23,27). The van der Waals surface area contributed by atoms with E-state index in [1.54, 1.807) is 44.2 Å². The predicted molar refractivity (Wildman–Crippen MR) is 125 cm³/mol. The molecule has 0 spiro atoms. The van der Waals surface area contributed by atoms with E-state index in [0.717, 1.165) is 17.3 Å². The van der Waals surface area contributed by atoms with E-state index >= 15 is 0 Å². The molecule has 1 N–H and O–H groups in total. The van der Waals surface area contributed by atoms with Crippen LogP contribution < -0.4 is 5.32 Å². The zero-order valence-electron chi connectivity index (χ0n) is 17.8. The van der Waals surface area contributed by atoms with Crippen molar-refractivity contribution < 1.29 is 17.6 Å². The maximum absolute atomic E-state index is 12.8. The number of anilines is 1. The molecule has 0 aliphatic heterocycles. The normalized spacial score (nSPS) is 11.7. The van der Waals surface area contributed by atoms with E-state index < -0.39 is 10.0 Å². The molecule has 0 aliphatic rings. The number of nitrogens with zero attached hydrogens (tertiary/aromatic N) is 3. The van der Waals surface area contributed by atoms with Crippen molar-refractivity contribution in [2.75, 3.05) is 24.2 Å². The highest BCUT2D eigenvalue weighted by molar-refractivity contribution is 7.99. The van der Waals surface area contributed by atoms with Gasteiger partial charge in [0.15, 0.2) is 0 Å². The highest BCUT2D eigenvalue weighted by atomic mass is 35.5. The molecule has 0 radical (unpaired) electrons. The SMILES string of the molecule is CCN(CC)S(=O)(=O)c1cccc(-c2nnc(SCC(=O)Nc3cccc(Cl)c3C)o2)c1. The molecule has 0 saturated carbocycles. The van der Waals surface area contributed by atoms with E-state index in [1.807, 2.05) is 6.92 Å². The number of carbonyl (C=O) groups excluding carboxylic acids is 1. The van der Waals surface area contributed by atoms with Gasteiger partial charge in [0, 0.05) is 29.4 Å². The minimum absolute atomic E-state index is 0.0595. The molecule has 0 aliphatic carbocycles. The lowest BCUT2D eigenvalue weighted by Gasteiger charge is -2.18. The first-order chi connectivity index (χ1) is 15.3. The number of sulfonamides is 1. The molecular formula is C21H23ClN4O4S2. The lowest BCUT2D eigenvalue weighted by atomic mass is 10.2. The van der Waals surface area contributed by atoms with Crippen LogP contribution in [0.2, 0.25) is 5.02 Å². The number of amides is 1. The lowest BCUT2D eigenvalue weighted by molar-refractivity contribution is -0.113. The van der Waals surface area contributed by atoms with Crippen molar-refractivity contribution in [2.45, 2.75) is 30.9 Å². The van der Waals surface area contributed by atoms with Crippen molar-refractivity contribution in [1.29, 1.82) is 0 Å². The van der Waals surface area contributed by atoms with Crippen LogP contribution in [-0.4, -0.2) is 47.7 Å². The van der Waals surface area contributed by atoms with Crippen molar-refractivity contribution in [3.8, 4) is 11.5 Å². The Morgan fingerprint density at radius 3 is 2.59 bits per heavy atom. The second-order valence-electron chi connectivity index (χ2n) is 6.74. The first kappa shape index (κ1) is 24.2. The van der Waals surface area contributed by atoms with Gasteiger partial charge in [0.05, 0.1) is 10.6 Å². The fraction of sp³-hybridized carbons (Fsp3) is 0.286. The third-order valence-corrected chi connectivity index (χ3v) is 7.97. The summed E-state index contributed by atoms with van der Waals surface area (Å²) in [5.41, 5.74) is 1.91. The van der Waals surface area contributed by atoms with Gasteiger partial charge in [-0.05, 0) is 42.8 Å². The molecule has 3 rings (SSSR count). The number of hydrogen-bond acceptors (Lipinski definition) is 7. The van der Waals surface area contributed by atoms with E-state index in [2.05, 4.69) is 15.5 Å². The molecule has 0 unspecified atom stereocenters. The average molecular weight is 495 g/mol. The maximum atomic E-state index is 12.8. The van der Waals surface area contributed by atoms with E-state index in [-0.39, 0.29) is 27.7 Å². The van der Waals surface area contributed by atoms with Crippen LogP contribution in [0.15, 0.2) is 57.0 Å². The molecule has 8 nitrogen and oxygen atoms in total. The molecule has 0 atom stereocenters. The zero-order chi connectivity index (χ0) is 23.3. The van der Waals surface area contributed by atoms with Crippen molar-refractivity contribution in [2.24, 2.45) is 0 Å². The number of carbonyl (C=O) groups is 1. The summed E-state index contributed by atoms with van der Waals surface area (Å²) in [6, 6.07) is 11.6. The summed E-state index contributed by atoms with van der Waals surface area (Å²) in [4.78, 5) is 12.4. The molecule has 3 aromatic rings.